The number of aryl methyl sites for hydroxylation is 1. The van der Waals surface area contributed by atoms with Gasteiger partial charge in [-0.25, -0.2) is 4.98 Å². The summed E-state index contributed by atoms with van der Waals surface area (Å²) >= 11 is 0. The van der Waals surface area contributed by atoms with Crippen molar-refractivity contribution in [1.29, 1.82) is 0 Å². The Hall–Kier alpha value is -3.75. The lowest BCUT2D eigenvalue weighted by molar-refractivity contribution is 0.0928. The van der Waals surface area contributed by atoms with Crippen molar-refractivity contribution in [3.8, 4) is 5.75 Å². The third-order valence-electron chi connectivity index (χ3n) is 3.99. The average Bonchev–Trinajstić information content (AvgIpc) is 3.35. The number of rotatable bonds is 6. The number of hydrogen-bond acceptors (Lipinski definition) is 8. The van der Waals surface area contributed by atoms with E-state index in [1.165, 1.54) is 6.26 Å². The fourth-order valence-corrected chi connectivity index (χ4v) is 2.63. The molecular weight excluding hydrogens is 362 g/mol. The van der Waals surface area contributed by atoms with Gasteiger partial charge in [0, 0.05) is 18.5 Å². The van der Waals surface area contributed by atoms with Crippen LogP contribution in [-0.2, 0) is 6.61 Å². The predicted octanol–water partition coefficient (Wildman–Crippen LogP) is 2.98. The maximum Gasteiger partial charge on any atom is 0.273 e. The van der Waals surface area contributed by atoms with E-state index in [0.717, 1.165) is 10.9 Å². The van der Waals surface area contributed by atoms with Gasteiger partial charge in [-0.3, -0.25) is 9.78 Å². The Morgan fingerprint density at radius 2 is 2.11 bits per heavy atom. The lowest BCUT2D eigenvalue weighted by atomic mass is 10.2. The number of para-hydroxylation sites is 1. The molecule has 0 spiro atoms. The summed E-state index contributed by atoms with van der Waals surface area (Å²) in [5.74, 6) is 1.23. The second-order valence-electron chi connectivity index (χ2n) is 6.10. The number of benzene rings is 1. The number of oxazole rings is 1. The van der Waals surface area contributed by atoms with Crippen molar-refractivity contribution in [3.63, 3.8) is 0 Å². The summed E-state index contributed by atoms with van der Waals surface area (Å²) in [6.07, 6.45) is 2.98. The van der Waals surface area contributed by atoms with Crippen LogP contribution in [-0.4, -0.2) is 26.1 Å². The van der Waals surface area contributed by atoms with Crippen LogP contribution in [0.1, 0.15) is 41.1 Å². The molecule has 0 aliphatic rings. The first-order chi connectivity index (χ1) is 13.6. The van der Waals surface area contributed by atoms with Crippen molar-refractivity contribution >= 4 is 16.8 Å². The molecule has 1 aromatic carbocycles. The molecule has 0 bridgehead atoms. The Morgan fingerprint density at radius 3 is 2.93 bits per heavy atom. The van der Waals surface area contributed by atoms with Crippen LogP contribution in [0.4, 0.5) is 0 Å². The number of hydrogen-bond donors (Lipinski definition) is 1. The summed E-state index contributed by atoms with van der Waals surface area (Å²) in [7, 11) is 0. The van der Waals surface area contributed by atoms with Gasteiger partial charge >= 0.3 is 0 Å². The van der Waals surface area contributed by atoms with E-state index in [1.54, 1.807) is 20.0 Å². The maximum absolute atomic E-state index is 12.3. The van der Waals surface area contributed by atoms with Crippen LogP contribution in [0.2, 0.25) is 0 Å². The molecule has 0 aliphatic carbocycles. The molecule has 4 rings (SSSR count). The van der Waals surface area contributed by atoms with Crippen LogP contribution in [0.15, 0.2) is 51.6 Å². The van der Waals surface area contributed by atoms with E-state index >= 15 is 0 Å². The molecule has 4 aromatic rings. The second-order valence-corrected chi connectivity index (χ2v) is 6.10. The Bertz CT molecular complexity index is 1110. The highest BCUT2D eigenvalue weighted by atomic mass is 16.5. The zero-order valence-corrected chi connectivity index (χ0v) is 15.2. The van der Waals surface area contributed by atoms with Crippen LogP contribution < -0.4 is 10.1 Å². The Balaban J connectivity index is 1.40. The van der Waals surface area contributed by atoms with Gasteiger partial charge in [0.2, 0.25) is 17.7 Å². The normalized spacial score (nSPS) is 12.1. The number of carbonyl (C=O) groups is 1. The number of nitrogens with one attached hydrogen (secondary N) is 1. The van der Waals surface area contributed by atoms with E-state index in [2.05, 4.69) is 25.5 Å². The van der Waals surface area contributed by atoms with Gasteiger partial charge in [-0.1, -0.05) is 18.2 Å². The number of ether oxygens (including phenoxy) is 1. The molecule has 0 fully saturated rings. The molecule has 9 heteroatoms. The first-order valence-electron chi connectivity index (χ1n) is 8.62. The van der Waals surface area contributed by atoms with Gasteiger partial charge in [-0.2, -0.15) is 0 Å². The Morgan fingerprint density at radius 1 is 1.25 bits per heavy atom. The molecule has 28 heavy (non-hydrogen) atoms. The molecule has 1 N–H and O–H groups in total. The molecule has 0 saturated heterocycles. The third kappa shape index (κ3) is 3.68. The van der Waals surface area contributed by atoms with Crippen LogP contribution in [0.25, 0.3) is 10.9 Å². The number of amides is 1. The molecule has 1 atom stereocenters. The maximum atomic E-state index is 12.3. The van der Waals surface area contributed by atoms with E-state index in [1.807, 2.05) is 30.3 Å². The molecule has 9 nitrogen and oxygen atoms in total. The molecule has 3 aromatic heterocycles. The van der Waals surface area contributed by atoms with Gasteiger partial charge in [0.25, 0.3) is 5.91 Å². The molecule has 0 saturated carbocycles. The van der Waals surface area contributed by atoms with E-state index in [4.69, 9.17) is 13.6 Å². The molecular formula is C19H17N5O4. The van der Waals surface area contributed by atoms with Crippen molar-refractivity contribution < 1.29 is 18.4 Å². The number of pyridine rings is 1. The highest BCUT2D eigenvalue weighted by Crippen LogP contribution is 2.23. The number of aromatic nitrogens is 4. The Kier molecular flexibility index (Phi) is 4.71. The molecule has 0 radical (unpaired) electrons. The lowest BCUT2D eigenvalue weighted by Gasteiger charge is -2.07. The summed E-state index contributed by atoms with van der Waals surface area (Å²) in [6.45, 7) is 3.49. The summed E-state index contributed by atoms with van der Waals surface area (Å²) in [4.78, 5) is 20.8. The van der Waals surface area contributed by atoms with Gasteiger partial charge in [-0.05, 0) is 19.1 Å². The van der Waals surface area contributed by atoms with Crippen molar-refractivity contribution in [2.24, 2.45) is 0 Å². The molecule has 1 unspecified atom stereocenters. The monoisotopic (exact) mass is 379 g/mol. The smallest absolute Gasteiger partial charge is 0.273 e. The van der Waals surface area contributed by atoms with E-state index in [0.29, 0.717) is 17.5 Å². The summed E-state index contributed by atoms with van der Waals surface area (Å²) in [6, 6.07) is 9.02. The molecule has 0 aliphatic heterocycles. The highest BCUT2D eigenvalue weighted by molar-refractivity contribution is 5.92. The molecule has 1 amide bonds. The number of fused-ring (bicyclic) bond motifs is 1. The topological polar surface area (TPSA) is 116 Å². The van der Waals surface area contributed by atoms with Crippen LogP contribution in [0.3, 0.4) is 0 Å². The molecule has 3 heterocycles. The van der Waals surface area contributed by atoms with Crippen molar-refractivity contribution in [3.05, 3.63) is 66.2 Å². The average molecular weight is 379 g/mol. The minimum Gasteiger partial charge on any atom is -0.482 e. The molecule has 142 valence electrons. The number of nitrogens with zero attached hydrogens (tertiary/aromatic N) is 4. The zero-order valence-electron chi connectivity index (χ0n) is 15.2. The van der Waals surface area contributed by atoms with Gasteiger partial charge < -0.3 is 18.9 Å². The van der Waals surface area contributed by atoms with Crippen LogP contribution >= 0.6 is 0 Å². The SMILES string of the molecule is Cc1nnc(C(C)NC(=O)c2coc(COc3cccc4cccnc34)n2)o1. The second kappa shape index (κ2) is 7.47. The first kappa shape index (κ1) is 17.7. The summed E-state index contributed by atoms with van der Waals surface area (Å²) < 4.78 is 16.4. The summed E-state index contributed by atoms with van der Waals surface area (Å²) in [5.41, 5.74) is 0.885. The Labute approximate surface area is 159 Å². The van der Waals surface area contributed by atoms with Crippen LogP contribution in [0, 0.1) is 6.92 Å². The first-order valence-corrected chi connectivity index (χ1v) is 8.62. The quantitative estimate of drug-likeness (QED) is 0.543. The van der Waals surface area contributed by atoms with Gasteiger partial charge in [0.1, 0.15) is 23.6 Å². The van der Waals surface area contributed by atoms with E-state index in [-0.39, 0.29) is 18.2 Å². The standard InChI is InChI=1S/C19H17N5O4/c1-11(19-24-23-12(2)28-19)21-18(25)14-9-27-16(22-14)10-26-15-7-3-5-13-6-4-8-20-17(13)15/h3-9,11H,10H2,1-2H3,(H,21,25). The summed E-state index contributed by atoms with van der Waals surface area (Å²) in [5, 5.41) is 11.3. The zero-order chi connectivity index (χ0) is 19.5. The predicted molar refractivity (Wildman–Crippen MR) is 97.5 cm³/mol. The van der Waals surface area contributed by atoms with Gasteiger partial charge in [0.05, 0.1) is 0 Å². The van der Waals surface area contributed by atoms with E-state index < -0.39 is 11.9 Å². The third-order valence-corrected chi connectivity index (χ3v) is 3.99. The highest BCUT2D eigenvalue weighted by Gasteiger charge is 2.19. The van der Waals surface area contributed by atoms with E-state index in [9.17, 15) is 4.79 Å². The van der Waals surface area contributed by atoms with Gasteiger partial charge in [-0.15, -0.1) is 10.2 Å². The number of carbonyl (C=O) groups excluding carboxylic acids is 1. The van der Waals surface area contributed by atoms with Crippen LogP contribution in [0.5, 0.6) is 5.75 Å². The fourth-order valence-electron chi connectivity index (χ4n) is 2.63. The van der Waals surface area contributed by atoms with Gasteiger partial charge in [0.15, 0.2) is 12.3 Å². The van der Waals surface area contributed by atoms with Crippen molar-refractivity contribution in [2.45, 2.75) is 26.5 Å². The van der Waals surface area contributed by atoms with Crippen molar-refractivity contribution in [2.75, 3.05) is 0 Å². The largest absolute Gasteiger partial charge is 0.482 e. The minimum atomic E-state index is -0.452. The minimum absolute atomic E-state index is 0.0708. The van der Waals surface area contributed by atoms with Crippen molar-refractivity contribution in [1.82, 2.24) is 25.5 Å². The fraction of sp³-hybridized carbons (Fsp3) is 0.211. The lowest BCUT2D eigenvalue weighted by Crippen LogP contribution is -2.27.